The number of aryl methyl sites for hydroxylation is 1. The van der Waals surface area contributed by atoms with Gasteiger partial charge in [-0.3, -0.25) is 4.90 Å². The van der Waals surface area contributed by atoms with Gasteiger partial charge in [-0.1, -0.05) is 172 Å². The van der Waals surface area contributed by atoms with Gasteiger partial charge in [-0.2, -0.15) is 0 Å². The molecule has 1 fully saturated rings. The molecule has 1 saturated carbocycles. The van der Waals surface area contributed by atoms with Gasteiger partial charge in [-0.05, 0) is 75.6 Å². The summed E-state index contributed by atoms with van der Waals surface area (Å²) in [5, 5.41) is 13.6. The molecule has 0 aliphatic heterocycles. The summed E-state index contributed by atoms with van der Waals surface area (Å²) in [4.78, 5) is 2.58. The lowest BCUT2D eigenvalue weighted by Gasteiger charge is -2.44. The fourth-order valence-corrected chi connectivity index (χ4v) is 11.2. The second-order valence-corrected chi connectivity index (χ2v) is 19.0. The molecule has 46 heavy (non-hydrogen) atoms. The molecule has 246 valence electrons. The van der Waals surface area contributed by atoms with E-state index in [2.05, 4.69) is 175 Å². The quantitative estimate of drug-likeness (QED) is 0.120. The monoisotopic (exact) mass is 747 g/mol. The molecule has 3 aromatic carbocycles. The van der Waals surface area contributed by atoms with Crippen molar-refractivity contribution in [3.8, 4) is 0 Å². The van der Waals surface area contributed by atoms with Gasteiger partial charge in [-0.15, -0.1) is 0 Å². The first-order chi connectivity index (χ1) is 21.7. The number of alkyl halides is 1. The Bertz CT molecular complexity index is 1520. The van der Waals surface area contributed by atoms with E-state index in [0.717, 1.165) is 26.1 Å². The third-order valence-electron chi connectivity index (χ3n) is 11.2. The van der Waals surface area contributed by atoms with E-state index in [1.807, 2.05) is 0 Å². The number of allylic oxidation sites excluding steroid dienone is 3. The Labute approximate surface area is 295 Å². The van der Waals surface area contributed by atoms with E-state index in [9.17, 15) is 5.11 Å². The lowest BCUT2D eigenvalue weighted by Crippen LogP contribution is -2.38. The van der Waals surface area contributed by atoms with E-state index in [1.165, 1.54) is 38.7 Å². The topological polar surface area (TPSA) is 23.5 Å². The minimum Gasteiger partial charge on any atom is -0.508 e. The normalized spacial score (nSPS) is 26.5. The SMILES string of the molecule is CCC(C)(Pc1c(C)cccc1CN(Cc1ccccc1)Cc1ccccc1)C1=CC(C(C)(C)C)C(C)C(C2(I)C(C)[C@H]2C)=C1O. The first-order valence-corrected chi connectivity index (χ1v) is 19.3. The van der Waals surface area contributed by atoms with E-state index < -0.39 is 0 Å². The summed E-state index contributed by atoms with van der Waals surface area (Å²) in [5.74, 6) is 2.44. The molecule has 2 aliphatic rings. The van der Waals surface area contributed by atoms with Crippen molar-refractivity contribution in [3.63, 3.8) is 0 Å². The van der Waals surface area contributed by atoms with Crippen molar-refractivity contribution in [1.29, 1.82) is 0 Å². The molecule has 0 bridgehead atoms. The van der Waals surface area contributed by atoms with E-state index >= 15 is 0 Å². The zero-order valence-electron chi connectivity index (χ0n) is 29.5. The number of hydrogen-bond donors (Lipinski definition) is 1. The Hall–Kier alpha value is -1.94. The van der Waals surface area contributed by atoms with Crippen LogP contribution in [0.25, 0.3) is 0 Å². The van der Waals surface area contributed by atoms with Crippen LogP contribution < -0.4 is 5.30 Å². The van der Waals surface area contributed by atoms with Crippen LogP contribution in [0.2, 0.25) is 0 Å². The smallest absolute Gasteiger partial charge is 0.120 e. The molecule has 7 atom stereocenters. The van der Waals surface area contributed by atoms with E-state index in [-0.39, 0.29) is 14.0 Å². The van der Waals surface area contributed by atoms with Crippen molar-refractivity contribution in [2.75, 3.05) is 0 Å². The fraction of sp³-hybridized carbons (Fsp3) is 0.476. The van der Waals surface area contributed by atoms with Gasteiger partial charge in [0.1, 0.15) is 5.76 Å². The number of aliphatic hydroxyl groups is 1. The van der Waals surface area contributed by atoms with Gasteiger partial charge in [0.05, 0.1) is 3.42 Å². The maximum atomic E-state index is 12.4. The number of benzene rings is 3. The van der Waals surface area contributed by atoms with Crippen molar-refractivity contribution in [1.82, 2.24) is 4.90 Å². The molecule has 1 N–H and O–H groups in total. The Balaban J connectivity index is 1.54. The van der Waals surface area contributed by atoms with Gasteiger partial charge in [0.2, 0.25) is 0 Å². The van der Waals surface area contributed by atoms with Crippen molar-refractivity contribution >= 4 is 36.5 Å². The molecule has 6 unspecified atom stereocenters. The number of nitrogens with zero attached hydrogens (tertiary/aromatic N) is 1. The van der Waals surface area contributed by atoms with Crippen LogP contribution in [-0.2, 0) is 19.6 Å². The number of rotatable bonds is 11. The summed E-state index contributed by atoms with van der Waals surface area (Å²) in [6.07, 6.45) is 3.47. The molecular formula is C42H55INOP. The van der Waals surface area contributed by atoms with Crippen LogP contribution in [0.3, 0.4) is 0 Å². The zero-order chi connectivity index (χ0) is 33.4. The maximum absolute atomic E-state index is 12.4. The summed E-state index contributed by atoms with van der Waals surface area (Å²) < 4.78 is 0.0330. The zero-order valence-corrected chi connectivity index (χ0v) is 32.7. The van der Waals surface area contributed by atoms with Crippen molar-refractivity contribution in [2.45, 2.75) is 96.9 Å². The van der Waals surface area contributed by atoms with Crippen molar-refractivity contribution < 1.29 is 5.11 Å². The van der Waals surface area contributed by atoms with Gasteiger partial charge >= 0.3 is 0 Å². The summed E-state index contributed by atoms with van der Waals surface area (Å²) in [6.45, 7) is 23.9. The first-order valence-electron chi connectivity index (χ1n) is 17.2. The maximum Gasteiger partial charge on any atom is 0.120 e. The minimum absolute atomic E-state index is 0.0330. The van der Waals surface area contributed by atoms with Crippen LogP contribution in [0.4, 0.5) is 0 Å². The molecule has 0 saturated heterocycles. The Morgan fingerprint density at radius 3 is 1.83 bits per heavy atom. The van der Waals surface area contributed by atoms with Gasteiger partial charge in [-0.25, -0.2) is 0 Å². The van der Waals surface area contributed by atoms with Crippen LogP contribution in [0.1, 0.15) is 84.1 Å². The second kappa shape index (κ2) is 13.9. The standard InChI is InChI=1S/C42H55INOP/c1-10-41(9,36-24-35(40(6,7)8)29(3)37(38(36)45)42(43)30(4)31(42)5)46-39-28(2)18-17-23-34(39)27-44(25-32-19-13-11-14-20-32)26-33-21-15-12-16-22-33/h11-24,29-31,35,45-46H,10,25-27H2,1-9H3/t29?,30-,31?,35?,41?,42?/m1/s1. The molecule has 3 aromatic rings. The molecule has 2 aliphatic carbocycles. The predicted molar refractivity (Wildman–Crippen MR) is 209 cm³/mol. The number of halogens is 1. The average Bonchev–Trinajstić information content (AvgIpc) is 3.49. The van der Waals surface area contributed by atoms with Gasteiger partial charge < -0.3 is 5.11 Å². The molecule has 5 rings (SSSR count). The second-order valence-electron chi connectivity index (χ2n) is 15.4. The molecule has 0 aromatic heterocycles. The molecular weight excluding hydrogens is 692 g/mol. The molecule has 2 nitrogen and oxygen atoms in total. The molecule has 0 spiro atoms. The van der Waals surface area contributed by atoms with Crippen molar-refractivity contribution in [3.05, 3.63) is 124 Å². The largest absolute Gasteiger partial charge is 0.508 e. The van der Waals surface area contributed by atoms with Crippen LogP contribution in [0.5, 0.6) is 0 Å². The third kappa shape index (κ3) is 7.08. The molecule has 0 heterocycles. The van der Waals surface area contributed by atoms with Crippen LogP contribution in [0, 0.1) is 36.0 Å². The van der Waals surface area contributed by atoms with Crippen LogP contribution in [-0.4, -0.2) is 18.6 Å². The predicted octanol–water partition coefficient (Wildman–Crippen LogP) is 11.2. The molecule has 0 amide bonds. The lowest BCUT2D eigenvalue weighted by atomic mass is 9.65. The highest BCUT2D eigenvalue weighted by Gasteiger charge is 2.63. The van der Waals surface area contributed by atoms with E-state index in [4.69, 9.17) is 0 Å². The molecule has 0 radical (unpaired) electrons. The Morgan fingerprint density at radius 2 is 1.35 bits per heavy atom. The Morgan fingerprint density at radius 1 is 0.804 bits per heavy atom. The van der Waals surface area contributed by atoms with Crippen molar-refractivity contribution in [2.24, 2.45) is 29.1 Å². The van der Waals surface area contributed by atoms with Gasteiger partial charge in [0.15, 0.2) is 0 Å². The van der Waals surface area contributed by atoms with Gasteiger partial charge in [0.25, 0.3) is 0 Å². The molecule has 4 heteroatoms. The number of aliphatic hydroxyl groups excluding tert-OH is 1. The number of hydrogen-bond acceptors (Lipinski definition) is 2. The first kappa shape index (κ1) is 35.4. The Kier molecular flexibility index (Phi) is 10.7. The third-order valence-corrected chi connectivity index (χ3v) is 15.9. The highest BCUT2D eigenvalue weighted by Crippen LogP contribution is 2.66. The van der Waals surface area contributed by atoms with E-state index in [1.54, 1.807) is 0 Å². The minimum atomic E-state index is -0.169. The summed E-state index contributed by atoms with van der Waals surface area (Å²) in [5.41, 5.74) is 8.02. The lowest BCUT2D eigenvalue weighted by molar-refractivity contribution is 0.219. The highest BCUT2D eigenvalue weighted by molar-refractivity contribution is 14.1. The summed E-state index contributed by atoms with van der Waals surface area (Å²) in [6, 6.07) is 28.6. The highest BCUT2D eigenvalue weighted by atomic mass is 127. The van der Waals surface area contributed by atoms with Gasteiger partial charge in [0, 0.05) is 30.4 Å². The summed E-state index contributed by atoms with van der Waals surface area (Å²) >= 11 is 2.69. The van der Waals surface area contributed by atoms with Crippen LogP contribution in [0.15, 0.2) is 102 Å². The average molecular weight is 748 g/mol. The fourth-order valence-electron chi connectivity index (χ4n) is 7.89. The van der Waals surface area contributed by atoms with E-state index in [0.29, 0.717) is 38.0 Å². The van der Waals surface area contributed by atoms with Crippen LogP contribution >= 0.6 is 31.2 Å². The summed E-state index contributed by atoms with van der Waals surface area (Å²) in [7, 11) is 0.553.